The van der Waals surface area contributed by atoms with Crippen LogP contribution in [0.4, 0.5) is 0 Å². The third kappa shape index (κ3) is 2.00. The van der Waals surface area contributed by atoms with Gasteiger partial charge in [0.1, 0.15) is 5.75 Å². The zero-order valence-corrected chi connectivity index (χ0v) is 10.3. The maximum absolute atomic E-state index is 10.1. The quantitative estimate of drug-likeness (QED) is 0.830. The number of aliphatic hydroxyl groups excluding tert-OH is 1. The average Bonchev–Trinajstić information content (AvgIpc) is 2.39. The monoisotopic (exact) mass is 240 g/mol. The van der Waals surface area contributed by atoms with Crippen LogP contribution in [0.1, 0.15) is 22.6 Å². The Morgan fingerprint density at radius 2 is 1.78 bits per heavy atom. The summed E-state index contributed by atoms with van der Waals surface area (Å²) in [6, 6.07) is 16.2. The predicted molar refractivity (Wildman–Crippen MR) is 70.7 cm³/mol. The van der Waals surface area contributed by atoms with Crippen LogP contribution in [-0.4, -0.2) is 11.4 Å². The van der Waals surface area contributed by atoms with Gasteiger partial charge >= 0.3 is 0 Å². The van der Waals surface area contributed by atoms with Crippen molar-refractivity contribution in [3.63, 3.8) is 0 Å². The van der Waals surface area contributed by atoms with Crippen molar-refractivity contribution in [3.05, 3.63) is 65.2 Å². The molecule has 3 rings (SSSR count). The van der Waals surface area contributed by atoms with Gasteiger partial charge in [0.05, 0.1) is 5.92 Å². The lowest BCUT2D eigenvalue weighted by molar-refractivity contribution is -0.0480. The van der Waals surface area contributed by atoms with Crippen molar-refractivity contribution in [3.8, 4) is 5.75 Å². The average molecular weight is 240 g/mol. The van der Waals surface area contributed by atoms with Gasteiger partial charge in [-0.25, -0.2) is 0 Å². The molecule has 0 radical (unpaired) electrons. The largest absolute Gasteiger partial charge is 0.464 e. The van der Waals surface area contributed by atoms with E-state index in [2.05, 4.69) is 37.3 Å². The van der Waals surface area contributed by atoms with E-state index >= 15 is 0 Å². The lowest BCUT2D eigenvalue weighted by atomic mass is 9.89. The van der Waals surface area contributed by atoms with E-state index in [9.17, 15) is 5.11 Å². The summed E-state index contributed by atoms with van der Waals surface area (Å²) < 4.78 is 5.58. The van der Waals surface area contributed by atoms with E-state index in [0.29, 0.717) is 0 Å². The molecule has 0 spiro atoms. The molecule has 92 valence electrons. The van der Waals surface area contributed by atoms with Gasteiger partial charge in [0, 0.05) is 0 Å². The van der Waals surface area contributed by atoms with Crippen molar-refractivity contribution in [2.45, 2.75) is 25.6 Å². The first-order valence-corrected chi connectivity index (χ1v) is 6.23. The molecule has 2 aromatic carbocycles. The summed E-state index contributed by atoms with van der Waals surface area (Å²) in [5.41, 5.74) is 3.52. The molecule has 1 N–H and O–H groups in total. The first-order valence-electron chi connectivity index (χ1n) is 6.23. The number of rotatable bonds is 1. The number of benzene rings is 2. The molecular formula is C16H16O2. The van der Waals surface area contributed by atoms with E-state index in [0.717, 1.165) is 23.3 Å². The van der Waals surface area contributed by atoms with Gasteiger partial charge in [-0.1, -0.05) is 48.0 Å². The Morgan fingerprint density at radius 1 is 1.06 bits per heavy atom. The van der Waals surface area contributed by atoms with Crippen molar-refractivity contribution in [2.75, 3.05) is 0 Å². The minimum atomic E-state index is -0.761. The van der Waals surface area contributed by atoms with Crippen molar-refractivity contribution >= 4 is 0 Å². The highest BCUT2D eigenvalue weighted by Gasteiger charge is 2.29. The van der Waals surface area contributed by atoms with Crippen LogP contribution >= 0.6 is 0 Å². The summed E-state index contributed by atoms with van der Waals surface area (Å²) in [7, 11) is 0. The minimum absolute atomic E-state index is 0.0144. The molecule has 0 saturated heterocycles. The van der Waals surface area contributed by atoms with E-state index in [-0.39, 0.29) is 5.92 Å². The van der Waals surface area contributed by atoms with Crippen LogP contribution in [0.15, 0.2) is 48.5 Å². The smallest absolute Gasteiger partial charge is 0.204 e. The van der Waals surface area contributed by atoms with Crippen LogP contribution in [0.5, 0.6) is 5.75 Å². The Bertz CT molecular complexity index is 545. The van der Waals surface area contributed by atoms with Crippen LogP contribution in [0, 0.1) is 6.92 Å². The summed E-state index contributed by atoms with van der Waals surface area (Å²) in [5, 5.41) is 10.1. The Labute approximate surface area is 107 Å². The van der Waals surface area contributed by atoms with Gasteiger partial charge in [-0.3, -0.25) is 0 Å². The molecule has 0 saturated carbocycles. The third-order valence-electron chi connectivity index (χ3n) is 3.51. The standard InChI is InChI=1S/C16H16O2/c1-11-6-8-12(9-7-11)14-10-13-4-2-3-5-15(13)18-16(14)17/h2-9,14,16-17H,10H2,1H3. The zero-order chi connectivity index (χ0) is 12.5. The normalized spacial score (nSPS) is 22.1. The second-order valence-electron chi connectivity index (χ2n) is 4.84. The Balaban J connectivity index is 1.93. The highest BCUT2D eigenvalue weighted by atomic mass is 16.6. The van der Waals surface area contributed by atoms with Crippen LogP contribution < -0.4 is 4.74 Å². The molecule has 0 fully saturated rings. The molecule has 0 aliphatic carbocycles. The van der Waals surface area contributed by atoms with Crippen LogP contribution in [0.25, 0.3) is 0 Å². The number of fused-ring (bicyclic) bond motifs is 1. The van der Waals surface area contributed by atoms with Crippen molar-refractivity contribution in [1.82, 2.24) is 0 Å². The van der Waals surface area contributed by atoms with Gasteiger partial charge in [0.25, 0.3) is 0 Å². The predicted octanol–water partition coefficient (Wildman–Crippen LogP) is 3.03. The SMILES string of the molecule is Cc1ccc(C2Cc3ccccc3OC2O)cc1. The fourth-order valence-electron chi connectivity index (χ4n) is 2.43. The molecule has 1 aliphatic rings. The van der Waals surface area contributed by atoms with Crippen LogP contribution in [0.2, 0.25) is 0 Å². The zero-order valence-electron chi connectivity index (χ0n) is 10.3. The Morgan fingerprint density at radius 3 is 2.56 bits per heavy atom. The van der Waals surface area contributed by atoms with Gasteiger partial charge < -0.3 is 9.84 Å². The number of hydrogen-bond acceptors (Lipinski definition) is 2. The van der Waals surface area contributed by atoms with E-state index in [1.165, 1.54) is 5.56 Å². The van der Waals surface area contributed by atoms with Crippen LogP contribution in [-0.2, 0) is 6.42 Å². The lowest BCUT2D eigenvalue weighted by Gasteiger charge is -2.30. The van der Waals surface area contributed by atoms with Crippen LogP contribution in [0.3, 0.4) is 0 Å². The molecular weight excluding hydrogens is 224 g/mol. The summed E-state index contributed by atoms with van der Waals surface area (Å²) in [5.74, 6) is 0.814. The molecule has 0 bridgehead atoms. The summed E-state index contributed by atoms with van der Waals surface area (Å²) >= 11 is 0. The maximum Gasteiger partial charge on any atom is 0.204 e. The first-order chi connectivity index (χ1) is 8.74. The molecule has 0 aromatic heterocycles. The van der Waals surface area contributed by atoms with Crippen molar-refractivity contribution in [2.24, 2.45) is 0 Å². The summed E-state index contributed by atoms with van der Waals surface area (Å²) in [6.07, 6.45) is 0.0584. The second kappa shape index (κ2) is 4.46. The molecule has 1 aliphatic heterocycles. The fraction of sp³-hybridized carbons (Fsp3) is 0.250. The van der Waals surface area contributed by atoms with Crippen molar-refractivity contribution < 1.29 is 9.84 Å². The Kier molecular flexibility index (Phi) is 2.80. The number of aliphatic hydroxyl groups is 1. The number of ether oxygens (including phenoxy) is 1. The van der Waals surface area contributed by atoms with Gasteiger partial charge in [-0.15, -0.1) is 0 Å². The molecule has 2 aromatic rings. The maximum atomic E-state index is 10.1. The first kappa shape index (κ1) is 11.3. The molecule has 2 nitrogen and oxygen atoms in total. The van der Waals surface area contributed by atoms with E-state index in [1.54, 1.807) is 0 Å². The van der Waals surface area contributed by atoms with Gasteiger partial charge in [-0.2, -0.15) is 0 Å². The third-order valence-corrected chi connectivity index (χ3v) is 3.51. The highest BCUT2D eigenvalue weighted by molar-refractivity contribution is 5.38. The van der Waals surface area contributed by atoms with Gasteiger partial charge in [0.2, 0.25) is 6.29 Å². The molecule has 1 heterocycles. The lowest BCUT2D eigenvalue weighted by Crippen LogP contribution is -2.30. The van der Waals surface area contributed by atoms with E-state index in [1.807, 2.05) is 18.2 Å². The van der Waals surface area contributed by atoms with Gasteiger partial charge in [0.15, 0.2) is 0 Å². The van der Waals surface area contributed by atoms with E-state index in [4.69, 9.17) is 4.74 Å². The molecule has 18 heavy (non-hydrogen) atoms. The number of hydrogen-bond donors (Lipinski definition) is 1. The number of para-hydroxylation sites is 1. The fourth-order valence-corrected chi connectivity index (χ4v) is 2.43. The second-order valence-corrected chi connectivity index (χ2v) is 4.84. The van der Waals surface area contributed by atoms with E-state index < -0.39 is 6.29 Å². The topological polar surface area (TPSA) is 29.5 Å². The van der Waals surface area contributed by atoms with Gasteiger partial charge in [-0.05, 0) is 30.5 Å². The molecule has 2 unspecified atom stereocenters. The summed E-state index contributed by atoms with van der Waals surface area (Å²) in [4.78, 5) is 0. The molecule has 2 heteroatoms. The highest BCUT2D eigenvalue weighted by Crippen LogP contribution is 2.35. The van der Waals surface area contributed by atoms with Crippen molar-refractivity contribution in [1.29, 1.82) is 0 Å². The number of aryl methyl sites for hydroxylation is 1. The molecule has 2 atom stereocenters. The Hall–Kier alpha value is -1.80. The summed E-state index contributed by atoms with van der Waals surface area (Å²) in [6.45, 7) is 2.06. The minimum Gasteiger partial charge on any atom is -0.464 e. The molecule has 0 amide bonds.